The molecule has 1 saturated heterocycles. The summed E-state index contributed by atoms with van der Waals surface area (Å²) in [5.74, 6) is -0.464. The van der Waals surface area contributed by atoms with E-state index < -0.39 is 17.5 Å². The average molecular weight is 530 g/mol. The van der Waals surface area contributed by atoms with Gasteiger partial charge in [0.2, 0.25) is 11.8 Å². The highest BCUT2D eigenvalue weighted by Crippen LogP contribution is 2.27. The normalized spacial score (nSPS) is 17.2. The molecular formula is C28H40FN5O4. The van der Waals surface area contributed by atoms with Gasteiger partial charge in [0.25, 0.3) is 5.91 Å². The molecule has 1 aromatic heterocycles. The van der Waals surface area contributed by atoms with Crippen LogP contribution in [0.25, 0.3) is 0 Å². The molecule has 2 N–H and O–H groups in total. The molecule has 2 heterocycles. The summed E-state index contributed by atoms with van der Waals surface area (Å²) in [6.07, 6.45) is 2.06. The lowest BCUT2D eigenvalue weighted by atomic mass is 9.85. The van der Waals surface area contributed by atoms with Crippen molar-refractivity contribution < 1.29 is 23.3 Å². The van der Waals surface area contributed by atoms with Crippen LogP contribution in [0.3, 0.4) is 0 Å². The van der Waals surface area contributed by atoms with Crippen molar-refractivity contribution in [3.8, 4) is 0 Å². The summed E-state index contributed by atoms with van der Waals surface area (Å²) < 4.78 is 18.5. The third-order valence-electron chi connectivity index (χ3n) is 7.04. The summed E-state index contributed by atoms with van der Waals surface area (Å²) >= 11 is 0. The number of benzene rings is 1. The Hall–Kier alpha value is -3.27. The monoisotopic (exact) mass is 529 g/mol. The van der Waals surface area contributed by atoms with Gasteiger partial charge in [0.05, 0.1) is 6.04 Å². The van der Waals surface area contributed by atoms with Gasteiger partial charge in [0.1, 0.15) is 17.6 Å². The number of hydrogen-bond acceptors (Lipinski definition) is 6. The van der Waals surface area contributed by atoms with E-state index >= 15 is 0 Å². The second-order valence-electron chi connectivity index (χ2n) is 11.1. The predicted molar refractivity (Wildman–Crippen MR) is 142 cm³/mol. The Morgan fingerprint density at radius 3 is 2.50 bits per heavy atom. The summed E-state index contributed by atoms with van der Waals surface area (Å²) in [5, 5.41) is 9.74. The van der Waals surface area contributed by atoms with Crippen LogP contribution in [-0.4, -0.2) is 77.5 Å². The van der Waals surface area contributed by atoms with E-state index in [1.165, 1.54) is 12.1 Å². The first-order chi connectivity index (χ1) is 17.9. The molecular weight excluding hydrogens is 489 g/mol. The topological polar surface area (TPSA) is 108 Å². The molecule has 0 aliphatic carbocycles. The number of nitrogens with one attached hydrogen (secondary N) is 2. The maximum atomic E-state index is 13.8. The highest BCUT2D eigenvalue weighted by molar-refractivity contribution is 5.93. The zero-order chi connectivity index (χ0) is 28.0. The number of nitrogens with zero attached hydrogens (tertiary/aromatic N) is 3. The van der Waals surface area contributed by atoms with E-state index in [4.69, 9.17) is 4.52 Å². The molecule has 3 atom stereocenters. The van der Waals surface area contributed by atoms with Crippen molar-refractivity contribution in [1.82, 2.24) is 25.6 Å². The third kappa shape index (κ3) is 7.40. The molecule has 0 bridgehead atoms. The Morgan fingerprint density at radius 2 is 1.92 bits per heavy atom. The lowest BCUT2D eigenvalue weighted by molar-refractivity contribution is -0.140. The number of hydrogen-bond donors (Lipinski definition) is 2. The van der Waals surface area contributed by atoms with E-state index in [1.807, 2.05) is 20.8 Å². The van der Waals surface area contributed by atoms with Crippen LogP contribution in [0.15, 0.2) is 34.9 Å². The molecule has 38 heavy (non-hydrogen) atoms. The van der Waals surface area contributed by atoms with Gasteiger partial charge in [-0.15, -0.1) is 0 Å². The van der Waals surface area contributed by atoms with Gasteiger partial charge < -0.3 is 25.0 Å². The van der Waals surface area contributed by atoms with Crippen molar-refractivity contribution in [3.05, 3.63) is 53.2 Å². The van der Waals surface area contributed by atoms with E-state index in [0.29, 0.717) is 31.8 Å². The molecule has 3 rings (SSSR count). The Balaban J connectivity index is 1.80. The second kappa shape index (κ2) is 12.5. The number of rotatable bonds is 10. The molecule has 2 aromatic rings. The number of carbonyl (C=O) groups excluding carboxylic acids is 3. The maximum Gasteiger partial charge on any atom is 0.276 e. The minimum absolute atomic E-state index is 0.153. The average Bonchev–Trinajstić information content (AvgIpc) is 3.52. The number of halogens is 1. The predicted octanol–water partition coefficient (Wildman–Crippen LogP) is 2.94. The standard InChI is InChI=1S/C28H40FN5O4/c1-18-16-23(32-38-18)26(36)33(15-13-20-9-11-21(29)12-10-20)17-22-8-7-14-34(22)27(37)24(28(3,4)5)31-25(35)19(2)30-6/h9-12,16,19,22,24,30H,7-8,13-15,17H2,1-6H3,(H,31,35)/t19-,22-,24+/m0/s1. The van der Waals surface area contributed by atoms with Gasteiger partial charge in [-0.2, -0.15) is 0 Å². The number of amides is 3. The van der Waals surface area contributed by atoms with Crippen LogP contribution in [0.5, 0.6) is 0 Å². The Bertz CT molecular complexity index is 1110. The maximum absolute atomic E-state index is 13.8. The van der Waals surface area contributed by atoms with E-state index in [2.05, 4.69) is 15.8 Å². The molecule has 1 aromatic carbocycles. The van der Waals surface area contributed by atoms with Crippen LogP contribution >= 0.6 is 0 Å². The van der Waals surface area contributed by atoms with Crippen LogP contribution in [0.2, 0.25) is 0 Å². The summed E-state index contributed by atoms with van der Waals surface area (Å²) in [5.41, 5.74) is 0.594. The number of carbonyl (C=O) groups is 3. The third-order valence-corrected chi connectivity index (χ3v) is 7.04. The molecule has 1 fully saturated rings. The fourth-order valence-corrected chi connectivity index (χ4v) is 4.60. The van der Waals surface area contributed by atoms with Gasteiger partial charge in [0, 0.05) is 31.7 Å². The van der Waals surface area contributed by atoms with E-state index in [1.54, 1.807) is 48.9 Å². The number of aromatic nitrogens is 1. The Kier molecular flexibility index (Phi) is 9.65. The molecule has 0 radical (unpaired) electrons. The van der Waals surface area contributed by atoms with Crippen LogP contribution in [-0.2, 0) is 16.0 Å². The molecule has 0 spiro atoms. The SMILES string of the molecule is CN[C@@H](C)C(=O)N[C@H](C(=O)N1CCC[C@H]1CN(CCc1ccc(F)cc1)C(=O)c1cc(C)on1)C(C)(C)C. The minimum Gasteiger partial charge on any atom is -0.361 e. The molecule has 10 heteroatoms. The Morgan fingerprint density at radius 1 is 1.24 bits per heavy atom. The van der Waals surface area contributed by atoms with Gasteiger partial charge in [-0.1, -0.05) is 38.1 Å². The van der Waals surface area contributed by atoms with Gasteiger partial charge >= 0.3 is 0 Å². The van der Waals surface area contributed by atoms with Crippen LogP contribution in [0, 0.1) is 18.2 Å². The van der Waals surface area contributed by atoms with Gasteiger partial charge in [-0.25, -0.2) is 4.39 Å². The van der Waals surface area contributed by atoms with Gasteiger partial charge in [-0.3, -0.25) is 14.4 Å². The van der Waals surface area contributed by atoms with E-state index in [-0.39, 0.29) is 35.3 Å². The molecule has 1 aliphatic rings. The number of aryl methyl sites for hydroxylation is 1. The van der Waals surface area contributed by atoms with Crippen molar-refractivity contribution in [1.29, 1.82) is 0 Å². The summed E-state index contributed by atoms with van der Waals surface area (Å²) in [6, 6.07) is 6.43. The smallest absolute Gasteiger partial charge is 0.276 e. The molecule has 1 aliphatic heterocycles. The van der Waals surface area contributed by atoms with Crippen molar-refractivity contribution >= 4 is 17.7 Å². The van der Waals surface area contributed by atoms with Crippen LogP contribution < -0.4 is 10.6 Å². The zero-order valence-electron chi connectivity index (χ0n) is 23.2. The quantitative estimate of drug-likeness (QED) is 0.490. The van der Waals surface area contributed by atoms with Gasteiger partial charge in [-0.05, 0) is 63.3 Å². The second-order valence-corrected chi connectivity index (χ2v) is 11.1. The molecule has 3 amide bonds. The number of likely N-dealkylation sites (tertiary alicyclic amines) is 1. The zero-order valence-corrected chi connectivity index (χ0v) is 23.2. The molecule has 0 saturated carbocycles. The molecule has 208 valence electrons. The summed E-state index contributed by atoms with van der Waals surface area (Å²) in [4.78, 5) is 43.4. The van der Waals surface area contributed by atoms with Crippen LogP contribution in [0.1, 0.15) is 62.3 Å². The fourth-order valence-electron chi connectivity index (χ4n) is 4.60. The number of likely N-dealkylation sites (N-methyl/N-ethyl adjacent to an activating group) is 1. The highest BCUT2D eigenvalue weighted by atomic mass is 19.1. The summed E-state index contributed by atoms with van der Waals surface area (Å²) in [7, 11) is 1.70. The molecule has 0 unspecified atom stereocenters. The lowest BCUT2D eigenvalue weighted by Crippen LogP contribution is -2.59. The van der Waals surface area contributed by atoms with Crippen molar-refractivity contribution in [3.63, 3.8) is 0 Å². The van der Waals surface area contributed by atoms with E-state index in [9.17, 15) is 18.8 Å². The van der Waals surface area contributed by atoms with Crippen molar-refractivity contribution in [2.75, 3.05) is 26.7 Å². The molecule has 9 nitrogen and oxygen atoms in total. The van der Waals surface area contributed by atoms with E-state index in [0.717, 1.165) is 18.4 Å². The van der Waals surface area contributed by atoms with Gasteiger partial charge in [0.15, 0.2) is 5.69 Å². The Labute approximate surface area is 224 Å². The van der Waals surface area contributed by atoms with Crippen molar-refractivity contribution in [2.24, 2.45) is 5.41 Å². The largest absolute Gasteiger partial charge is 0.361 e. The first-order valence-corrected chi connectivity index (χ1v) is 13.2. The minimum atomic E-state index is -0.715. The summed E-state index contributed by atoms with van der Waals surface area (Å²) in [6.45, 7) is 10.5. The van der Waals surface area contributed by atoms with Crippen LogP contribution in [0.4, 0.5) is 4.39 Å². The highest BCUT2D eigenvalue weighted by Gasteiger charge is 2.41. The fraction of sp³-hybridized carbons (Fsp3) is 0.571. The first kappa shape index (κ1) is 29.3. The lowest BCUT2D eigenvalue weighted by Gasteiger charge is -2.37. The first-order valence-electron chi connectivity index (χ1n) is 13.2. The van der Waals surface area contributed by atoms with Crippen molar-refractivity contribution in [2.45, 2.75) is 72.0 Å².